The molecule has 1 fully saturated rings. The molecule has 3 heterocycles. The van der Waals surface area contributed by atoms with Crippen molar-refractivity contribution in [3.63, 3.8) is 0 Å². The van der Waals surface area contributed by atoms with Crippen molar-refractivity contribution in [3.05, 3.63) is 47.1 Å². The van der Waals surface area contributed by atoms with E-state index < -0.39 is 6.10 Å². The lowest BCUT2D eigenvalue weighted by atomic mass is 10.1. The zero-order valence-corrected chi connectivity index (χ0v) is 14.7. The molecular weight excluding hydrogens is 336 g/mol. The van der Waals surface area contributed by atoms with Crippen LogP contribution in [-0.2, 0) is 16.1 Å². The van der Waals surface area contributed by atoms with Crippen molar-refractivity contribution in [1.29, 1.82) is 0 Å². The van der Waals surface area contributed by atoms with Gasteiger partial charge in [0.05, 0.1) is 12.6 Å². The summed E-state index contributed by atoms with van der Waals surface area (Å²) in [4.78, 5) is 32.7. The predicted octanol–water partition coefficient (Wildman–Crippen LogP) is 1.32. The van der Waals surface area contributed by atoms with Gasteiger partial charge < -0.3 is 19.1 Å². The van der Waals surface area contributed by atoms with E-state index in [0.29, 0.717) is 36.9 Å². The van der Waals surface area contributed by atoms with Gasteiger partial charge in [0.25, 0.3) is 11.8 Å². The molecule has 0 spiro atoms. The minimum atomic E-state index is -0.449. The van der Waals surface area contributed by atoms with E-state index in [4.69, 9.17) is 9.26 Å². The zero-order chi connectivity index (χ0) is 18.3. The third-order valence-electron chi connectivity index (χ3n) is 4.65. The molecule has 2 atom stereocenters. The van der Waals surface area contributed by atoms with Crippen LogP contribution in [0.25, 0.3) is 0 Å². The highest BCUT2D eigenvalue weighted by atomic mass is 16.5. The number of carbonyl (C=O) groups is 2. The lowest BCUT2D eigenvalue weighted by molar-refractivity contribution is -0.147. The number of aryl methyl sites for hydroxylation is 1. The Morgan fingerprint density at radius 3 is 2.85 bits per heavy atom. The van der Waals surface area contributed by atoms with Crippen molar-refractivity contribution in [1.82, 2.24) is 19.9 Å². The predicted molar refractivity (Wildman–Crippen MR) is 90.1 cm³/mol. The third kappa shape index (κ3) is 3.08. The van der Waals surface area contributed by atoms with Gasteiger partial charge in [-0.2, -0.15) is 4.98 Å². The fourth-order valence-corrected chi connectivity index (χ4v) is 3.44. The molecule has 0 radical (unpaired) electrons. The minimum Gasteiger partial charge on any atom is -0.362 e. The van der Waals surface area contributed by atoms with Crippen molar-refractivity contribution < 1.29 is 18.8 Å². The Balaban J connectivity index is 1.44. The molecule has 1 aromatic heterocycles. The molecule has 8 heteroatoms. The van der Waals surface area contributed by atoms with Crippen LogP contribution in [0.3, 0.4) is 0 Å². The Kier molecular flexibility index (Phi) is 4.20. The molecule has 0 N–H and O–H groups in total. The van der Waals surface area contributed by atoms with Gasteiger partial charge >= 0.3 is 0 Å². The second-order valence-corrected chi connectivity index (χ2v) is 6.73. The average Bonchev–Trinajstić information content (AvgIpc) is 3.19. The van der Waals surface area contributed by atoms with Crippen LogP contribution >= 0.6 is 0 Å². The average molecular weight is 356 g/mol. The summed E-state index contributed by atoms with van der Waals surface area (Å²) in [6.07, 6.45) is -0.605. The number of ether oxygens (including phenoxy) is 1. The Labute approximate surface area is 150 Å². The van der Waals surface area contributed by atoms with E-state index in [1.807, 2.05) is 25.1 Å². The van der Waals surface area contributed by atoms with Crippen LogP contribution in [0.2, 0.25) is 0 Å². The van der Waals surface area contributed by atoms with Crippen molar-refractivity contribution in [2.45, 2.75) is 32.6 Å². The quantitative estimate of drug-likeness (QED) is 0.824. The number of aromatic nitrogens is 2. The highest BCUT2D eigenvalue weighted by Gasteiger charge is 2.35. The summed E-state index contributed by atoms with van der Waals surface area (Å²) >= 11 is 0. The standard InChI is InChI=1S/C18H20N4O4/c1-11-7-21(9-15(25-11)17-19-12(2)20-26-17)16(23)10-22-8-13-5-3-4-6-14(13)18(22)24/h3-6,11,15H,7-10H2,1-2H3/t11-,15-/m1/s1. The second kappa shape index (κ2) is 6.53. The summed E-state index contributed by atoms with van der Waals surface area (Å²) in [6, 6.07) is 7.45. The smallest absolute Gasteiger partial charge is 0.257 e. The summed E-state index contributed by atoms with van der Waals surface area (Å²) in [6.45, 7) is 4.95. The van der Waals surface area contributed by atoms with E-state index >= 15 is 0 Å². The number of amides is 2. The van der Waals surface area contributed by atoms with Crippen LogP contribution in [0, 0.1) is 6.92 Å². The number of hydrogen-bond donors (Lipinski definition) is 0. The molecule has 1 aromatic carbocycles. The van der Waals surface area contributed by atoms with E-state index in [0.717, 1.165) is 5.56 Å². The molecule has 0 unspecified atom stereocenters. The van der Waals surface area contributed by atoms with Gasteiger partial charge in [-0.1, -0.05) is 23.4 Å². The SMILES string of the molecule is Cc1noc([C@H]2CN(C(=O)CN3Cc4ccccc4C3=O)C[C@@H](C)O2)n1. The molecule has 4 rings (SSSR count). The number of benzene rings is 1. The van der Waals surface area contributed by atoms with Crippen molar-refractivity contribution in [2.24, 2.45) is 0 Å². The van der Waals surface area contributed by atoms with Gasteiger partial charge in [-0.25, -0.2) is 0 Å². The Hall–Kier alpha value is -2.74. The number of morpholine rings is 1. The highest BCUT2D eigenvalue weighted by Crippen LogP contribution is 2.26. The van der Waals surface area contributed by atoms with E-state index in [2.05, 4.69) is 10.1 Å². The lowest BCUT2D eigenvalue weighted by Crippen LogP contribution is -2.49. The summed E-state index contributed by atoms with van der Waals surface area (Å²) < 4.78 is 11.0. The molecule has 136 valence electrons. The van der Waals surface area contributed by atoms with E-state index in [9.17, 15) is 9.59 Å². The first-order chi connectivity index (χ1) is 12.5. The van der Waals surface area contributed by atoms with E-state index in [1.165, 1.54) is 0 Å². The molecule has 0 saturated carbocycles. The molecule has 2 aromatic rings. The lowest BCUT2D eigenvalue weighted by Gasteiger charge is -2.36. The van der Waals surface area contributed by atoms with Crippen LogP contribution in [0.4, 0.5) is 0 Å². The van der Waals surface area contributed by atoms with Gasteiger partial charge in [0.1, 0.15) is 6.54 Å². The Morgan fingerprint density at radius 2 is 2.12 bits per heavy atom. The van der Waals surface area contributed by atoms with Crippen LogP contribution in [0.15, 0.2) is 28.8 Å². The molecule has 2 aliphatic rings. The maximum atomic E-state index is 12.8. The number of fused-ring (bicyclic) bond motifs is 1. The van der Waals surface area contributed by atoms with Gasteiger partial charge in [0.2, 0.25) is 5.91 Å². The van der Waals surface area contributed by atoms with Crippen molar-refractivity contribution in [2.75, 3.05) is 19.6 Å². The number of carbonyl (C=O) groups excluding carboxylic acids is 2. The maximum absolute atomic E-state index is 12.8. The molecule has 0 bridgehead atoms. The number of nitrogens with zero attached hydrogens (tertiary/aromatic N) is 4. The van der Waals surface area contributed by atoms with Crippen LogP contribution in [0.5, 0.6) is 0 Å². The zero-order valence-electron chi connectivity index (χ0n) is 14.7. The monoisotopic (exact) mass is 356 g/mol. The van der Waals surface area contributed by atoms with Crippen LogP contribution in [0.1, 0.15) is 40.7 Å². The first-order valence-corrected chi connectivity index (χ1v) is 8.62. The number of rotatable bonds is 3. The molecule has 2 aliphatic heterocycles. The first-order valence-electron chi connectivity index (χ1n) is 8.62. The third-order valence-corrected chi connectivity index (χ3v) is 4.65. The Bertz CT molecular complexity index is 849. The highest BCUT2D eigenvalue weighted by molar-refractivity contribution is 6.00. The van der Waals surface area contributed by atoms with Crippen LogP contribution in [-0.4, -0.2) is 57.5 Å². The van der Waals surface area contributed by atoms with Gasteiger partial charge in [-0.15, -0.1) is 0 Å². The molecule has 2 amide bonds. The fourth-order valence-electron chi connectivity index (χ4n) is 3.44. The molecule has 1 saturated heterocycles. The molecule has 8 nitrogen and oxygen atoms in total. The summed E-state index contributed by atoms with van der Waals surface area (Å²) in [5.41, 5.74) is 1.63. The minimum absolute atomic E-state index is 0.0514. The van der Waals surface area contributed by atoms with Gasteiger partial charge in [-0.3, -0.25) is 9.59 Å². The first kappa shape index (κ1) is 16.7. The van der Waals surface area contributed by atoms with Gasteiger partial charge in [0, 0.05) is 18.7 Å². The molecular formula is C18H20N4O4. The second-order valence-electron chi connectivity index (χ2n) is 6.73. The maximum Gasteiger partial charge on any atom is 0.257 e. The normalized spacial score (nSPS) is 22.6. The topological polar surface area (TPSA) is 88.8 Å². The largest absolute Gasteiger partial charge is 0.362 e. The summed E-state index contributed by atoms with van der Waals surface area (Å²) in [5.74, 6) is 0.693. The van der Waals surface area contributed by atoms with E-state index in [1.54, 1.807) is 22.8 Å². The van der Waals surface area contributed by atoms with Crippen molar-refractivity contribution in [3.8, 4) is 0 Å². The Morgan fingerprint density at radius 1 is 1.31 bits per heavy atom. The summed E-state index contributed by atoms with van der Waals surface area (Å²) in [7, 11) is 0. The van der Waals surface area contributed by atoms with Crippen molar-refractivity contribution >= 4 is 11.8 Å². The van der Waals surface area contributed by atoms with E-state index in [-0.39, 0.29) is 24.5 Å². The number of hydrogen-bond acceptors (Lipinski definition) is 6. The molecule has 26 heavy (non-hydrogen) atoms. The summed E-state index contributed by atoms with van der Waals surface area (Å²) in [5, 5.41) is 3.78. The fraction of sp³-hybridized carbons (Fsp3) is 0.444. The molecule has 0 aliphatic carbocycles. The van der Waals surface area contributed by atoms with Crippen LogP contribution < -0.4 is 0 Å². The van der Waals surface area contributed by atoms with Gasteiger partial charge in [0.15, 0.2) is 11.9 Å². The van der Waals surface area contributed by atoms with Gasteiger partial charge in [-0.05, 0) is 25.5 Å².